The van der Waals surface area contributed by atoms with Crippen molar-refractivity contribution in [2.45, 2.75) is 125 Å². The third kappa shape index (κ3) is 91.3. The van der Waals surface area contributed by atoms with Crippen molar-refractivity contribution >= 4 is 74.1 Å². The van der Waals surface area contributed by atoms with Crippen LogP contribution < -0.4 is 98.3 Å². The van der Waals surface area contributed by atoms with Crippen molar-refractivity contribution in [3.63, 3.8) is 0 Å². The fourth-order valence-corrected chi connectivity index (χ4v) is 13.5. The Hall–Kier alpha value is -1.73. The average molecular weight is 3150 g/mol. The summed E-state index contributed by atoms with van der Waals surface area (Å²) in [5.41, 5.74) is 14.5. The molecular weight excluding hydrogens is 3050 g/mol. The molecule has 115 heavy (non-hydrogen) atoms. The molecule has 0 saturated heterocycles. The van der Waals surface area contributed by atoms with Crippen LogP contribution in [-0.2, 0) is 179 Å². The van der Waals surface area contributed by atoms with E-state index >= 15 is 0 Å². The van der Waals surface area contributed by atoms with Crippen molar-refractivity contribution in [2.75, 3.05) is 0 Å². The van der Waals surface area contributed by atoms with Gasteiger partial charge in [0.2, 0.25) is 0 Å². The predicted octanol–water partition coefficient (Wildman–Crippen LogP) is 5.79. The standard InChI is InChI=1S/2C26H20P2.6C6H9.8Au.3ClHO4/c2*1-5-13-23(14-6-1)27(24-15-7-2-8-16-24)21-22-28(25-17-9-3-10-18-25)26-19-11-4-12-20-26;6*1-5-6(2,3)4;;;;;;;;;3*2-1(3,4)5/h2*1-20H;6*2-4H3;;;;;;;;;3*(H,2,3,4,5)/q;;6*-1;;7*+1;;;/p-3. The molecule has 649 valence electrons. The summed E-state index contributed by atoms with van der Waals surface area (Å²) < 4.78 is 102. The zero-order valence-electron chi connectivity index (χ0n) is 66.3. The van der Waals surface area contributed by atoms with E-state index in [4.69, 9.17) is 94.4 Å². The van der Waals surface area contributed by atoms with Gasteiger partial charge in [0.1, 0.15) is 0 Å². The van der Waals surface area contributed by atoms with Crippen molar-refractivity contribution in [1.29, 1.82) is 0 Å². The van der Waals surface area contributed by atoms with E-state index in [1.54, 1.807) is 0 Å². The van der Waals surface area contributed by atoms with Gasteiger partial charge in [-0.25, -0.2) is 55.9 Å². The average Bonchev–Trinajstić information content (AvgIpc) is 0.841. The molecule has 8 aromatic rings. The Morgan fingerprint density at radius 2 is 0.252 bits per heavy atom. The molecule has 8 rings (SSSR count). The van der Waals surface area contributed by atoms with E-state index in [2.05, 4.69) is 301 Å². The Balaban J connectivity index is -0.000000127. The number of hydrogen-bond donors (Lipinski definition) is 0. The molecule has 0 saturated carbocycles. The summed E-state index contributed by atoms with van der Waals surface area (Å²) in [6, 6.07) is 85.3. The summed E-state index contributed by atoms with van der Waals surface area (Å²) in [5, 5.41) is 10.4. The summed E-state index contributed by atoms with van der Waals surface area (Å²) >= 11 is 0. The van der Waals surface area contributed by atoms with Gasteiger partial charge in [-0.3, -0.25) is 0 Å². The second kappa shape index (κ2) is 72.7. The Labute approximate surface area is 825 Å². The van der Waals surface area contributed by atoms with Crippen molar-refractivity contribution in [3.8, 4) is 58.2 Å². The molecule has 0 aromatic heterocycles. The molecule has 1 radical (unpaired) electrons. The number of rotatable bonds is 8. The van der Waals surface area contributed by atoms with Crippen LogP contribution >= 0.6 is 31.7 Å². The van der Waals surface area contributed by atoms with E-state index in [1.807, 2.05) is 125 Å². The van der Waals surface area contributed by atoms with Crippen LogP contribution in [0.15, 0.2) is 243 Å². The zero-order chi connectivity index (χ0) is 82.8. The smallest absolute Gasteiger partial charge is 0.693 e. The van der Waals surface area contributed by atoms with Gasteiger partial charge in [0.15, 0.2) is 0 Å². The Bertz CT molecular complexity index is 3360. The van der Waals surface area contributed by atoms with E-state index in [0.29, 0.717) is 0 Å². The monoisotopic (exact) mass is 3150 g/mol. The van der Waals surface area contributed by atoms with Gasteiger partial charge in [-0.2, -0.15) is 0 Å². The van der Waals surface area contributed by atoms with E-state index in [0.717, 1.165) is 0 Å². The van der Waals surface area contributed by atoms with Crippen LogP contribution in [0, 0.1) is 160 Å². The molecule has 0 bridgehead atoms. The van der Waals surface area contributed by atoms with Gasteiger partial charge in [0, 0.05) is 54.1 Å². The van der Waals surface area contributed by atoms with Gasteiger partial charge in [0.25, 0.3) is 0 Å². The molecule has 0 aliphatic rings. The van der Waals surface area contributed by atoms with Crippen molar-refractivity contribution in [1.82, 2.24) is 0 Å². The van der Waals surface area contributed by atoms with Gasteiger partial charge < -0.3 is 74.1 Å². The fourth-order valence-electron chi connectivity index (χ4n) is 5.93. The van der Waals surface area contributed by atoms with Gasteiger partial charge in [-0.05, 0) is 74.9 Å². The molecule has 8 aromatic carbocycles. The first-order valence-corrected chi connectivity index (χ1v) is 41.4. The summed E-state index contributed by atoms with van der Waals surface area (Å²) in [7, 11) is -17.7. The minimum Gasteiger partial charge on any atom is -0.693 e. The van der Waals surface area contributed by atoms with Gasteiger partial charge in [-0.15, -0.1) is 30.7 Å². The zero-order valence-corrected chi connectivity index (χ0v) is 89.5. The third-order valence-corrected chi connectivity index (χ3v) is 19.1. The summed E-state index contributed by atoms with van der Waals surface area (Å²) in [6.45, 7) is 35.0. The second-order valence-corrected chi connectivity index (χ2v) is 37.8. The normalized spacial score (nSPS) is 9.91. The van der Waals surface area contributed by atoms with Crippen LogP contribution in [0.1, 0.15) is 125 Å². The third-order valence-electron chi connectivity index (χ3n) is 10.9. The molecule has 0 N–H and O–H groups in total. The fraction of sp³-hybridized carbons (Fsp3) is 0.273. The molecule has 0 spiro atoms. The van der Waals surface area contributed by atoms with Crippen LogP contribution in [0.3, 0.4) is 0 Å². The van der Waals surface area contributed by atoms with Crippen molar-refractivity contribution in [2.24, 2.45) is 32.5 Å². The molecule has 0 amide bonds. The maximum atomic E-state index is 8.49. The van der Waals surface area contributed by atoms with E-state index in [9.17, 15) is 0 Å². The Morgan fingerprint density at radius 3 is 0.304 bits per heavy atom. The van der Waals surface area contributed by atoms with E-state index in [-0.39, 0.29) is 212 Å². The summed E-state index contributed by atoms with van der Waals surface area (Å²) in [4.78, 5) is 0. The largest absolute Gasteiger partial charge is 1.00 e. The minimum absolute atomic E-state index is 0. The van der Waals surface area contributed by atoms with Crippen LogP contribution in [0.25, 0.3) is 0 Å². The summed E-state index contributed by atoms with van der Waals surface area (Å²) in [6.07, 6.45) is 39.6. The first-order chi connectivity index (χ1) is 49.2. The molecule has 0 aliphatic heterocycles. The van der Waals surface area contributed by atoms with Crippen molar-refractivity contribution in [3.05, 3.63) is 281 Å². The molecule has 27 heteroatoms. The van der Waals surface area contributed by atoms with Crippen LogP contribution in [0.2, 0.25) is 0 Å². The Kier molecular flexibility index (Phi) is 86.3. The van der Waals surface area contributed by atoms with Crippen LogP contribution in [0.4, 0.5) is 0 Å². The topological polar surface area (TPSA) is 277 Å². The SMILES string of the molecule is C(#CP(c1ccccc1)c1ccccc1)P(c1ccccc1)c1ccccc1.C(#CP(c1ccccc1)c1ccccc1)P(c1ccccc1)c1ccccc1.[Au+].[Au+].[Au+].[Au+].[Au+].[Au+].[Au+].[Au].[C-]#CC(C)(C)C.[C-]#CC(C)(C)C.[C-]#CC(C)(C)C.[C-]#CC(C)(C)C.[C-]#CC(C)(C)C.[C-]#CC(C)(C)C.[O-][Cl+3]([O-])([O-])[O-].[O-][Cl+3]([O-])([O-])[O-].[O-][Cl+3]([O-])([O-])[O-]. The van der Waals surface area contributed by atoms with Crippen LogP contribution in [-0.4, -0.2) is 0 Å². The van der Waals surface area contributed by atoms with Gasteiger partial charge >= 0.3 is 157 Å². The second-order valence-electron chi connectivity index (χ2n) is 27.9. The van der Waals surface area contributed by atoms with E-state index < -0.39 is 62.4 Å². The number of benzene rings is 8. The molecule has 0 aliphatic carbocycles. The van der Waals surface area contributed by atoms with Crippen molar-refractivity contribution < 1.29 is 266 Å². The number of halogens is 3. The molecular formula is C88H94Au8Cl3O12P4-2. The maximum absolute atomic E-state index is 8.49. The quantitative estimate of drug-likeness (QED) is 0.0757. The minimum atomic E-state index is -4.94. The molecule has 0 heterocycles. The summed E-state index contributed by atoms with van der Waals surface area (Å²) in [5.74, 6) is 14.1. The maximum Gasteiger partial charge on any atom is 1.00 e. The first kappa shape index (κ1) is 137. The molecule has 0 unspecified atom stereocenters. The number of hydrogen-bond acceptors (Lipinski definition) is 12. The van der Waals surface area contributed by atoms with Crippen LogP contribution in [0.5, 0.6) is 0 Å². The molecule has 0 fully saturated rings. The van der Waals surface area contributed by atoms with Gasteiger partial charge in [-0.1, -0.05) is 390 Å². The first-order valence-electron chi connectivity index (χ1n) is 32.3. The van der Waals surface area contributed by atoms with Gasteiger partial charge in [0.05, 0.1) is 0 Å². The predicted molar refractivity (Wildman–Crippen MR) is 411 cm³/mol. The Morgan fingerprint density at radius 1 is 0.191 bits per heavy atom. The molecule has 0 atom stereocenters. The van der Waals surface area contributed by atoms with E-state index in [1.165, 1.54) is 42.4 Å². The molecule has 12 nitrogen and oxygen atoms in total.